The van der Waals surface area contributed by atoms with E-state index in [1.54, 1.807) is 53.6 Å². The summed E-state index contributed by atoms with van der Waals surface area (Å²) in [4.78, 5) is 21.6. The number of hydrogen-bond donors (Lipinski definition) is 2. The summed E-state index contributed by atoms with van der Waals surface area (Å²) in [5.74, 6) is 1.65. The lowest BCUT2D eigenvalue weighted by molar-refractivity contribution is -0.114. The van der Waals surface area contributed by atoms with Crippen molar-refractivity contribution in [1.29, 1.82) is 5.26 Å². The molecule has 0 radical (unpaired) electrons. The molecule has 2 N–H and O–H groups in total. The fourth-order valence-corrected chi connectivity index (χ4v) is 3.31. The lowest BCUT2D eigenvalue weighted by atomic mass is 10.2. The fraction of sp³-hybridized carbons (Fsp3) is 0.143. The predicted molar refractivity (Wildman–Crippen MR) is 116 cm³/mol. The predicted octanol–water partition coefficient (Wildman–Crippen LogP) is 4.22. The number of anilines is 5. The van der Waals surface area contributed by atoms with Crippen LogP contribution in [0.4, 0.5) is 28.8 Å². The number of aromatic nitrogens is 2. The normalized spacial score (nSPS) is 11.5. The number of fused-ring (bicyclic) bond motifs is 1. The topological polar surface area (TPSA) is 112 Å². The van der Waals surface area contributed by atoms with E-state index in [2.05, 4.69) is 26.7 Å². The highest BCUT2D eigenvalue weighted by Gasteiger charge is 2.26. The van der Waals surface area contributed by atoms with E-state index in [1.807, 2.05) is 0 Å². The summed E-state index contributed by atoms with van der Waals surface area (Å²) in [7, 11) is 0. The largest absolute Gasteiger partial charge is 0.454 e. The molecule has 0 saturated heterocycles. The SMILES string of the molecule is CC(=O)Nc1ccc(Nc2nccc(N(CC#N)c3c(Cl)ccc4c3OCO4)n2)cc1. The first-order chi connectivity index (χ1) is 15.0. The monoisotopic (exact) mass is 436 g/mol. The van der Waals surface area contributed by atoms with Crippen LogP contribution in [0, 0.1) is 11.3 Å². The zero-order valence-corrected chi connectivity index (χ0v) is 17.2. The van der Waals surface area contributed by atoms with Gasteiger partial charge in [0, 0.05) is 24.5 Å². The lowest BCUT2D eigenvalue weighted by Crippen LogP contribution is -2.20. The number of rotatable bonds is 6. The minimum atomic E-state index is -0.144. The molecule has 1 aliphatic rings. The molecule has 3 aromatic rings. The van der Waals surface area contributed by atoms with Crippen LogP contribution in [0.3, 0.4) is 0 Å². The second-order valence-electron chi connectivity index (χ2n) is 6.50. The lowest BCUT2D eigenvalue weighted by Gasteiger charge is -2.23. The van der Waals surface area contributed by atoms with Crippen LogP contribution in [0.1, 0.15) is 6.92 Å². The summed E-state index contributed by atoms with van der Waals surface area (Å²) in [5.41, 5.74) is 1.92. The van der Waals surface area contributed by atoms with E-state index in [9.17, 15) is 10.1 Å². The molecule has 2 aromatic carbocycles. The number of nitrogens with one attached hydrogen (secondary N) is 2. The molecule has 0 aliphatic carbocycles. The average molecular weight is 437 g/mol. The van der Waals surface area contributed by atoms with Crippen molar-refractivity contribution in [2.24, 2.45) is 0 Å². The van der Waals surface area contributed by atoms with Gasteiger partial charge in [0.2, 0.25) is 18.6 Å². The maximum absolute atomic E-state index is 11.2. The Morgan fingerprint density at radius 3 is 2.71 bits per heavy atom. The van der Waals surface area contributed by atoms with Crippen molar-refractivity contribution in [2.45, 2.75) is 6.92 Å². The maximum Gasteiger partial charge on any atom is 0.231 e. The molecular weight excluding hydrogens is 420 g/mol. The highest BCUT2D eigenvalue weighted by molar-refractivity contribution is 6.34. The first-order valence-corrected chi connectivity index (χ1v) is 9.63. The minimum Gasteiger partial charge on any atom is -0.454 e. The van der Waals surface area contributed by atoms with Crippen LogP contribution in [-0.2, 0) is 4.79 Å². The molecule has 0 unspecified atom stereocenters. The molecule has 31 heavy (non-hydrogen) atoms. The zero-order valence-electron chi connectivity index (χ0n) is 16.4. The van der Waals surface area contributed by atoms with Crippen LogP contribution in [0.25, 0.3) is 0 Å². The number of halogens is 1. The van der Waals surface area contributed by atoms with Crippen LogP contribution in [-0.4, -0.2) is 29.2 Å². The second kappa shape index (κ2) is 8.77. The number of nitriles is 1. The van der Waals surface area contributed by atoms with Gasteiger partial charge >= 0.3 is 0 Å². The van der Waals surface area contributed by atoms with Gasteiger partial charge in [0.05, 0.1) is 11.1 Å². The number of benzene rings is 2. The van der Waals surface area contributed by atoms with Crippen LogP contribution >= 0.6 is 11.6 Å². The summed E-state index contributed by atoms with van der Waals surface area (Å²) in [6.45, 7) is 1.51. The molecule has 0 atom stereocenters. The number of hydrogen-bond acceptors (Lipinski definition) is 8. The van der Waals surface area contributed by atoms with Gasteiger partial charge in [-0.1, -0.05) is 11.6 Å². The van der Waals surface area contributed by atoms with Crippen LogP contribution in [0.15, 0.2) is 48.7 Å². The average Bonchev–Trinajstić information content (AvgIpc) is 3.23. The van der Waals surface area contributed by atoms with E-state index in [1.165, 1.54) is 6.92 Å². The van der Waals surface area contributed by atoms with Crippen molar-refractivity contribution in [3.05, 3.63) is 53.7 Å². The van der Waals surface area contributed by atoms with E-state index in [0.29, 0.717) is 39.7 Å². The molecule has 1 aromatic heterocycles. The first kappa shape index (κ1) is 20.3. The van der Waals surface area contributed by atoms with Gasteiger partial charge in [-0.2, -0.15) is 10.2 Å². The highest BCUT2D eigenvalue weighted by atomic mass is 35.5. The summed E-state index contributed by atoms with van der Waals surface area (Å²) in [5, 5.41) is 15.6. The van der Waals surface area contributed by atoms with Crippen LogP contribution in [0.2, 0.25) is 5.02 Å². The molecule has 9 nitrogen and oxygen atoms in total. The molecule has 1 amide bonds. The summed E-state index contributed by atoms with van der Waals surface area (Å²) >= 11 is 6.43. The van der Waals surface area contributed by atoms with Crippen molar-refractivity contribution < 1.29 is 14.3 Å². The van der Waals surface area contributed by atoms with Crippen molar-refractivity contribution in [3.8, 4) is 17.6 Å². The Bertz CT molecular complexity index is 1160. The quantitative estimate of drug-likeness (QED) is 0.552. The third kappa shape index (κ3) is 4.44. The molecule has 0 bridgehead atoms. The smallest absolute Gasteiger partial charge is 0.231 e. The first-order valence-electron chi connectivity index (χ1n) is 9.25. The summed E-state index contributed by atoms with van der Waals surface area (Å²) in [6.07, 6.45) is 1.58. The minimum absolute atomic E-state index is 0.0125. The fourth-order valence-electron chi connectivity index (χ4n) is 3.06. The van der Waals surface area contributed by atoms with E-state index < -0.39 is 0 Å². The van der Waals surface area contributed by atoms with Gasteiger partial charge in [0.15, 0.2) is 11.5 Å². The number of nitrogens with zero attached hydrogens (tertiary/aromatic N) is 4. The molecule has 0 saturated carbocycles. The number of ether oxygens (including phenoxy) is 2. The molecule has 0 spiro atoms. The number of carbonyl (C=O) groups excluding carboxylic acids is 1. The second-order valence-corrected chi connectivity index (χ2v) is 6.90. The molecule has 10 heteroatoms. The van der Waals surface area contributed by atoms with Gasteiger partial charge in [-0.25, -0.2) is 4.98 Å². The molecular formula is C21H17ClN6O3. The summed E-state index contributed by atoms with van der Waals surface area (Å²) < 4.78 is 11.0. The van der Waals surface area contributed by atoms with Gasteiger partial charge in [-0.3, -0.25) is 4.79 Å². The van der Waals surface area contributed by atoms with E-state index >= 15 is 0 Å². The van der Waals surface area contributed by atoms with E-state index in [4.69, 9.17) is 21.1 Å². The van der Waals surface area contributed by atoms with Gasteiger partial charge in [-0.05, 0) is 42.5 Å². The van der Waals surface area contributed by atoms with Gasteiger partial charge in [0.25, 0.3) is 0 Å². The Labute approximate surface area is 183 Å². The van der Waals surface area contributed by atoms with Crippen molar-refractivity contribution >= 4 is 46.3 Å². The Kier molecular flexibility index (Phi) is 5.73. The van der Waals surface area contributed by atoms with Gasteiger partial charge < -0.3 is 25.0 Å². The third-order valence-electron chi connectivity index (χ3n) is 4.34. The highest BCUT2D eigenvalue weighted by Crippen LogP contribution is 2.47. The van der Waals surface area contributed by atoms with Crippen molar-refractivity contribution in [2.75, 3.05) is 28.9 Å². The standard InChI is InChI=1S/C21H17ClN6O3/c1-13(29)25-14-2-4-15(5-3-14)26-21-24-10-8-18(27-21)28(11-9-23)19-16(22)6-7-17-20(19)31-12-30-17/h2-8,10H,11-12H2,1H3,(H,25,29)(H,24,26,27). The Morgan fingerprint density at radius 1 is 1.19 bits per heavy atom. The molecule has 156 valence electrons. The Morgan fingerprint density at radius 2 is 1.97 bits per heavy atom. The molecule has 1 aliphatic heterocycles. The van der Waals surface area contributed by atoms with E-state index in [-0.39, 0.29) is 19.2 Å². The number of amides is 1. The Hall–Kier alpha value is -4.03. The maximum atomic E-state index is 11.2. The van der Waals surface area contributed by atoms with Crippen molar-refractivity contribution in [1.82, 2.24) is 9.97 Å². The van der Waals surface area contributed by atoms with Crippen LogP contribution in [0.5, 0.6) is 11.5 Å². The molecule has 2 heterocycles. The van der Waals surface area contributed by atoms with Gasteiger partial charge in [-0.15, -0.1) is 0 Å². The Balaban J connectivity index is 1.63. The van der Waals surface area contributed by atoms with E-state index in [0.717, 1.165) is 5.69 Å². The van der Waals surface area contributed by atoms with Crippen LogP contribution < -0.4 is 25.0 Å². The van der Waals surface area contributed by atoms with Crippen molar-refractivity contribution in [3.63, 3.8) is 0 Å². The molecule has 4 rings (SSSR count). The number of carbonyl (C=O) groups is 1. The third-order valence-corrected chi connectivity index (χ3v) is 4.65. The zero-order chi connectivity index (χ0) is 21.8. The van der Waals surface area contributed by atoms with Gasteiger partial charge in [0.1, 0.15) is 18.1 Å². The summed E-state index contributed by atoms with van der Waals surface area (Å²) in [6, 6.07) is 14.3. The molecule has 0 fully saturated rings.